The highest BCUT2D eigenvalue weighted by molar-refractivity contribution is 5.85. The van der Waals surface area contributed by atoms with E-state index in [0.717, 1.165) is 49.4 Å². The molecular formula is C16H25ClN2O3. The third kappa shape index (κ3) is 5.07. The Kier molecular flexibility index (Phi) is 8.06. The number of halogens is 1. The maximum atomic E-state index is 12.0. The van der Waals surface area contributed by atoms with Gasteiger partial charge in [0.05, 0.1) is 14.2 Å². The third-order valence-electron chi connectivity index (χ3n) is 3.87. The van der Waals surface area contributed by atoms with Crippen LogP contribution in [-0.4, -0.2) is 39.8 Å². The number of carbonyl (C=O) groups is 1. The van der Waals surface area contributed by atoms with Crippen LogP contribution in [0.3, 0.4) is 0 Å². The van der Waals surface area contributed by atoms with Gasteiger partial charge in [0.15, 0.2) is 11.5 Å². The van der Waals surface area contributed by atoms with Crippen LogP contribution >= 0.6 is 12.4 Å². The number of carbonyl (C=O) groups excluding carboxylic acids is 1. The zero-order chi connectivity index (χ0) is 15.1. The van der Waals surface area contributed by atoms with Crippen LogP contribution in [-0.2, 0) is 11.2 Å². The van der Waals surface area contributed by atoms with Crippen LogP contribution in [0.5, 0.6) is 11.5 Å². The smallest absolute Gasteiger partial charge is 0.223 e. The molecule has 1 amide bonds. The molecule has 0 unspecified atom stereocenters. The van der Waals surface area contributed by atoms with Crippen LogP contribution in [0.1, 0.15) is 18.4 Å². The van der Waals surface area contributed by atoms with Crippen LogP contribution < -0.4 is 20.1 Å². The van der Waals surface area contributed by atoms with E-state index < -0.39 is 0 Å². The lowest BCUT2D eigenvalue weighted by Crippen LogP contribution is -2.38. The lowest BCUT2D eigenvalue weighted by atomic mass is 9.97. The fourth-order valence-corrected chi connectivity index (χ4v) is 2.59. The molecule has 5 nitrogen and oxygen atoms in total. The summed E-state index contributed by atoms with van der Waals surface area (Å²) in [7, 11) is 3.25. The minimum atomic E-state index is 0. The molecule has 0 atom stereocenters. The van der Waals surface area contributed by atoms with E-state index >= 15 is 0 Å². The molecule has 2 N–H and O–H groups in total. The van der Waals surface area contributed by atoms with Gasteiger partial charge in [0, 0.05) is 12.5 Å². The van der Waals surface area contributed by atoms with Crippen molar-refractivity contribution < 1.29 is 14.3 Å². The third-order valence-corrected chi connectivity index (χ3v) is 3.87. The Balaban J connectivity index is 0.00000242. The minimum absolute atomic E-state index is 0. The van der Waals surface area contributed by atoms with Crippen LogP contribution in [0.25, 0.3) is 0 Å². The highest BCUT2D eigenvalue weighted by Crippen LogP contribution is 2.27. The molecule has 22 heavy (non-hydrogen) atoms. The second-order valence-electron chi connectivity index (χ2n) is 5.25. The van der Waals surface area contributed by atoms with Crippen molar-refractivity contribution in [2.24, 2.45) is 5.92 Å². The van der Waals surface area contributed by atoms with Gasteiger partial charge in [-0.2, -0.15) is 0 Å². The summed E-state index contributed by atoms with van der Waals surface area (Å²) in [5, 5.41) is 6.30. The summed E-state index contributed by atoms with van der Waals surface area (Å²) in [5.41, 5.74) is 1.12. The number of piperidine rings is 1. The molecule has 1 aliphatic rings. The fourth-order valence-electron chi connectivity index (χ4n) is 2.59. The van der Waals surface area contributed by atoms with Gasteiger partial charge in [0.25, 0.3) is 0 Å². The van der Waals surface area contributed by atoms with Crippen LogP contribution in [0, 0.1) is 5.92 Å². The molecule has 1 aromatic carbocycles. The molecule has 2 rings (SSSR count). The molecule has 1 aromatic rings. The number of hydrogen-bond acceptors (Lipinski definition) is 4. The van der Waals surface area contributed by atoms with Gasteiger partial charge in [-0.3, -0.25) is 4.79 Å². The van der Waals surface area contributed by atoms with Crippen LogP contribution in [0.15, 0.2) is 18.2 Å². The summed E-state index contributed by atoms with van der Waals surface area (Å²) in [4.78, 5) is 12.0. The molecule has 0 aromatic heterocycles. The van der Waals surface area contributed by atoms with Crippen LogP contribution in [0.4, 0.5) is 0 Å². The summed E-state index contributed by atoms with van der Waals surface area (Å²) in [6, 6.07) is 5.84. The van der Waals surface area contributed by atoms with Crippen molar-refractivity contribution in [2.75, 3.05) is 33.9 Å². The Morgan fingerprint density at radius 2 is 1.91 bits per heavy atom. The zero-order valence-electron chi connectivity index (χ0n) is 13.2. The van der Waals surface area contributed by atoms with E-state index in [0.29, 0.717) is 6.54 Å². The number of methoxy groups -OCH3 is 2. The summed E-state index contributed by atoms with van der Waals surface area (Å²) in [6.45, 7) is 2.53. The van der Waals surface area contributed by atoms with E-state index in [4.69, 9.17) is 9.47 Å². The predicted molar refractivity (Wildman–Crippen MR) is 89.1 cm³/mol. The maximum absolute atomic E-state index is 12.0. The molecule has 0 spiro atoms. The quantitative estimate of drug-likeness (QED) is 0.836. The van der Waals surface area contributed by atoms with E-state index in [9.17, 15) is 4.79 Å². The maximum Gasteiger partial charge on any atom is 0.223 e. The SMILES string of the molecule is COc1ccc(CCNC(=O)C2CCNCC2)cc1OC.Cl. The highest BCUT2D eigenvalue weighted by Gasteiger charge is 2.20. The molecule has 1 heterocycles. The Morgan fingerprint density at radius 3 is 2.55 bits per heavy atom. The van der Waals surface area contributed by atoms with E-state index in [1.54, 1.807) is 14.2 Å². The Morgan fingerprint density at radius 1 is 1.23 bits per heavy atom. The normalized spacial score (nSPS) is 14.8. The van der Waals surface area contributed by atoms with Crippen molar-refractivity contribution in [3.63, 3.8) is 0 Å². The van der Waals surface area contributed by atoms with Gasteiger partial charge in [-0.05, 0) is 50.0 Å². The largest absolute Gasteiger partial charge is 0.493 e. The Bertz CT molecular complexity index is 476. The lowest BCUT2D eigenvalue weighted by Gasteiger charge is -2.21. The molecule has 124 valence electrons. The lowest BCUT2D eigenvalue weighted by molar-refractivity contribution is -0.125. The van der Waals surface area contributed by atoms with Crippen molar-refractivity contribution in [3.8, 4) is 11.5 Å². The van der Waals surface area contributed by atoms with Gasteiger partial charge in [-0.1, -0.05) is 6.07 Å². The van der Waals surface area contributed by atoms with Gasteiger partial charge in [-0.15, -0.1) is 12.4 Å². The van der Waals surface area contributed by atoms with E-state index in [2.05, 4.69) is 10.6 Å². The van der Waals surface area contributed by atoms with Gasteiger partial charge in [0.2, 0.25) is 5.91 Å². The first-order chi connectivity index (χ1) is 10.2. The Labute approximate surface area is 138 Å². The number of hydrogen-bond donors (Lipinski definition) is 2. The molecule has 1 fully saturated rings. The van der Waals surface area contributed by atoms with Gasteiger partial charge < -0.3 is 20.1 Å². The topological polar surface area (TPSA) is 59.6 Å². The average Bonchev–Trinajstić information content (AvgIpc) is 2.55. The fraction of sp³-hybridized carbons (Fsp3) is 0.562. The van der Waals surface area contributed by atoms with Crippen LogP contribution in [0.2, 0.25) is 0 Å². The highest BCUT2D eigenvalue weighted by atomic mass is 35.5. The molecule has 0 bridgehead atoms. The summed E-state index contributed by atoms with van der Waals surface area (Å²) >= 11 is 0. The monoisotopic (exact) mass is 328 g/mol. The second-order valence-corrected chi connectivity index (χ2v) is 5.25. The van der Waals surface area contributed by atoms with Crippen molar-refractivity contribution >= 4 is 18.3 Å². The van der Waals surface area contributed by atoms with Gasteiger partial charge in [0.1, 0.15) is 0 Å². The first-order valence-electron chi connectivity index (χ1n) is 7.44. The summed E-state index contributed by atoms with van der Waals surface area (Å²) in [6.07, 6.45) is 2.65. The average molecular weight is 329 g/mol. The first-order valence-corrected chi connectivity index (χ1v) is 7.44. The predicted octanol–water partition coefficient (Wildman–Crippen LogP) is 1.78. The molecule has 6 heteroatoms. The van der Waals surface area contributed by atoms with Crippen molar-refractivity contribution in [3.05, 3.63) is 23.8 Å². The van der Waals surface area contributed by atoms with E-state index in [1.807, 2.05) is 18.2 Å². The number of benzene rings is 1. The van der Waals surface area contributed by atoms with Gasteiger partial charge >= 0.3 is 0 Å². The zero-order valence-corrected chi connectivity index (χ0v) is 14.0. The standard InChI is InChI=1S/C16H24N2O3.ClH/c1-20-14-4-3-12(11-15(14)21-2)5-10-18-16(19)13-6-8-17-9-7-13;/h3-4,11,13,17H,5-10H2,1-2H3,(H,18,19);1H. The molecule has 0 radical (unpaired) electrons. The van der Waals surface area contributed by atoms with Gasteiger partial charge in [-0.25, -0.2) is 0 Å². The second kappa shape index (κ2) is 9.54. The first kappa shape index (κ1) is 18.6. The van der Waals surface area contributed by atoms with Crippen molar-refractivity contribution in [1.82, 2.24) is 10.6 Å². The van der Waals surface area contributed by atoms with E-state index in [-0.39, 0.29) is 24.2 Å². The number of rotatable bonds is 6. The van der Waals surface area contributed by atoms with Crippen molar-refractivity contribution in [2.45, 2.75) is 19.3 Å². The number of amides is 1. The number of ether oxygens (including phenoxy) is 2. The van der Waals surface area contributed by atoms with E-state index in [1.165, 1.54) is 0 Å². The summed E-state index contributed by atoms with van der Waals surface area (Å²) in [5.74, 6) is 1.79. The number of nitrogens with one attached hydrogen (secondary N) is 2. The summed E-state index contributed by atoms with van der Waals surface area (Å²) < 4.78 is 10.5. The molecule has 0 aliphatic carbocycles. The minimum Gasteiger partial charge on any atom is -0.493 e. The molecule has 0 saturated carbocycles. The Hall–Kier alpha value is -1.46. The molecular weight excluding hydrogens is 304 g/mol. The molecule has 1 aliphatic heterocycles. The van der Waals surface area contributed by atoms with Crippen molar-refractivity contribution in [1.29, 1.82) is 0 Å². The molecule has 1 saturated heterocycles.